The third kappa shape index (κ3) is 5.32. The highest BCUT2D eigenvalue weighted by Crippen LogP contribution is 2.47. The molecule has 1 N–H and O–H groups in total. The largest absolute Gasteiger partial charge is 0.429 e. The van der Waals surface area contributed by atoms with Crippen molar-refractivity contribution in [2.45, 2.75) is 34.7 Å². The Kier molecular flexibility index (Phi) is 6.98. The van der Waals surface area contributed by atoms with Crippen molar-refractivity contribution >= 4 is 34.9 Å². The van der Waals surface area contributed by atoms with Crippen LogP contribution in [0.15, 0.2) is 88.7 Å². The summed E-state index contributed by atoms with van der Waals surface area (Å²) in [5, 5.41) is 2.77. The Balaban J connectivity index is 1.15. The average molecular weight is 484 g/mol. The number of hydrogen-bond acceptors (Lipinski definition) is 5. The third-order valence-electron chi connectivity index (χ3n) is 6.62. The molecule has 178 valence electrons. The number of anilines is 3. The van der Waals surface area contributed by atoms with Crippen LogP contribution in [-0.2, 0) is 4.74 Å². The summed E-state index contributed by atoms with van der Waals surface area (Å²) in [6.07, 6.45) is 7.64. The number of para-hydroxylation sites is 3. The summed E-state index contributed by atoms with van der Waals surface area (Å²) in [6, 6.07) is 26.5. The number of fused-ring (bicyclic) bond motifs is 2. The molecule has 5 nitrogen and oxygen atoms in total. The minimum atomic E-state index is -0.850. The van der Waals surface area contributed by atoms with Gasteiger partial charge in [-0.25, -0.2) is 4.79 Å². The number of nitrogens with one attached hydrogen (secondary N) is 1. The van der Waals surface area contributed by atoms with Crippen LogP contribution in [0, 0.1) is 12.3 Å². The van der Waals surface area contributed by atoms with E-state index in [-0.39, 0.29) is 0 Å². The maximum atomic E-state index is 12.4. The summed E-state index contributed by atoms with van der Waals surface area (Å²) in [6.45, 7) is 3.55. The van der Waals surface area contributed by atoms with E-state index in [2.05, 4.69) is 69.6 Å². The number of terminal acetylenes is 1. The Morgan fingerprint density at radius 3 is 2.14 bits per heavy atom. The molecule has 2 aliphatic heterocycles. The van der Waals surface area contributed by atoms with Gasteiger partial charge in [0.1, 0.15) is 0 Å². The second-order valence-corrected chi connectivity index (χ2v) is 9.99. The van der Waals surface area contributed by atoms with E-state index >= 15 is 0 Å². The molecule has 1 amide bonds. The van der Waals surface area contributed by atoms with Gasteiger partial charge in [0.25, 0.3) is 0 Å². The van der Waals surface area contributed by atoms with Crippen LogP contribution < -0.4 is 10.2 Å². The van der Waals surface area contributed by atoms with E-state index < -0.39 is 11.7 Å². The first-order chi connectivity index (χ1) is 17.2. The van der Waals surface area contributed by atoms with Crippen LogP contribution in [0.25, 0.3) is 0 Å². The number of rotatable bonds is 6. The molecule has 0 spiro atoms. The Bertz CT molecular complexity index is 1170. The van der Waals surface area contributed by atoms with Gasteiger partial charge < -0.3 is 14.5 Å². The predicted molar refractivity (Wildman–Crippen MR) is 142 cm³/mol. The van der Waals surface area contributed by atoms with Gasteiger partial charge in [0.15, 0.2) is 5.60 Å². The van der Waals surface area contributed by atoms with Crippen molar-refractivity contribution < 1.29 is 9.53 Å². The van der Waals surface area contributed by atoms with Gasteiger partial charge in [0, 0.05) is 48.0 Å². The third-order valence-corrected chi connectivity index (χ3v) is 7.75. The molecule has 1 fully saturated rings. The molecular formula is C29H29N3O2S. The maximum Gasteiger partial charge on any atom is 0.413 e. The van der Waals surface area contributed by atoms with Crippen molar-refractivity contribution in [1.82, 2.24) is 4.90 Å². The molecule has 0 radical (unpaired) electrons. The number of piperidine rings is 1. The zero-order valence-electron chi connectivity index (χ0n) is 19.7. The monoisotopic (exact) mass is 483 g/mol. The molecule has 5 rings (SSSR count). The molecule has 0 atom stereocenters. The molecule has 35 heavy (non-hydrogen) atoms. The first-order valence-electron chi connectivity index (χ1n) is 12.0. The number of ether oxygens (including phenoxy) is 1. The zero-order valence-corrected chi connectivity index (χ0v) is 20.5. The fourth-order valence-corrected chi connectivity index (χ4v) is 5.83. The fourth-order valence-electron chi connectivity index (χ4n) is 4.73. The summed E-state index contributed by atoms with van der Waals surface area (Å²) < 4.78 is 5.73. The van der Waals surface area contributed by atoms with Crippen LogP contribution in [0.2, 0.25) is 0 Å². The van der Waals surface area contributed by atoms with Gasteiger partial charge in [0.2, 0.25) is 0 Å². The molecule has 3 aromatic rings. The summed E-state index contributed by atoms with van der Waals surface area (Å²) in [5.41, 5.74) is 2.40. The first-order valence-corrected chi connectivity index (χ1v) is 12.9. The van der Waals surface area contributed by atoms with Gasteiger partial charge in [-0.15, -0.1) is 6.42 Å². The van der Waals surface area contributed by atoms with E-state index in [4.69, 9.17) is 11.2 Å². The highest BCUT2D eigenvalue weighted by molar-refractivity contribution is 7.99. The Morgan fingerprint density at radius 1 is 0.914 bits per heavy atom. The van der Waals surface area contributed by atoms with Crippen LogP contribution in [0.5, 0.6) is 0 Å². The summed E-state index contributed by atoms with van der Waals surface area (Å²) in [7, 11) is 0. The molecule has 3 aromatic carbocycles. The fraction of sp³-hybridized carbons (Fsp3) is 0.276. The number of amides is 1. The van der Waals surface area contributed by atoms with Gasteiger partial charge >= 0.3 is 6.09 Å². The predicted octanol–water partition coefficient (Wildman–Crippen LogP) is 6.40. The minimum absolute atomic E-state index is 0.497. The Hall–Kier alpha value is -3.40. The molecule has 2 aliphatic rings. The van der Waals surface area contributed by atoms with Crippen molar-refractivity contribution in [1.29, 1.82) is 0 Å². The molecule has 6 heteroatoms. The SMILES string of the molecule is C#CC1(OC(=O)Nc2ccccc2)CCN(CCCN2c3ccccc3Sc3ccccc32)CC1. The Labute approximate surface area is 211 Å². The van der Waals surface area contributed by atoms with Crippen LogP contribution >= 0.6 is 11.8 Å². The minimum Gasteiger partial charge on any atom is -0.429 e. The number of benzene rings is 3. The highest BCUT2D eigenvalue weighted by atomic mass is 32.2. The number of carbonyl (C=O) groups excluding carboxylic acids is 1. The van der Waals surface area contributed by atoms with Gasteiger partial charge in [-0.3, -0.25) is 5.32 Å². The zero-order chi connectivity index (χ0) is 24.1. The second-order valence-electron chi connectivity index (χ2n) is 8.90. The van der Waals surface area contributed by atoms with Crippen LogP contribution in [0.3, 0.4) is 0 Å². The number of carbonyl (C=O) groups is 1. The van der Waals surface area contributed by atoms with E-state index in [1.54, 1.807) is 0 Å². The van der Waals surface area contributed by atoms with E-state index in [0.717, 1.165) is 32.6 Å². The van der Waals surface area contributed by atoms with Crippen molar-refractivity contribution in [2.75, 3.05) is 36.4 Å². The van der Waals surface area contributed by atoms with Gasteiger partial charge in [-0.1, -0.05) is 60.1 Å². The Morgan fingerprint density at radius 2 is 1.51 bits per heavy atom. The van der Waals surface area contributed by atoms with Gasteiger partial charge in [-0.05, 0) is 49.4 Å². The molecule has 0 saturated carbocycles. The quantitative estimate of drug-likeness (QED) is 0.411. The molecule has 0 bridgehead atoms. The molecule has 0 aliphatic carbocycles. The lowest BCUT2D eigenvalue weighted by Gasteiger charge is -2.38. The summed E-state index contributed by atoms with van der Waals surface area (Å²) in [5.74, 6) is 2.76. The summed E-state index contributed by atoms with van der Waals surface area (Å²) in [4.78, 5) is 19.9. The van der Waals surface area contributed by atoms with E-state index in [0.29, 0.717) is 18.5 Å². The lowest BCUT2D eigenvalue weighted by Crippen LogP contribution is -2.47. The molecular weight excluding hydrogens is 454 g/mol. The standard InChI is InChI=1S/C29H29N3O2S/c1-2-29(34-28(33)30-23-11-4-3-5-12-23)17-21-31(22-18-29)19-10-20-32-24-13-6-8-15-26(24)35-27-16-9-7-14-25(27)32/h1,3-9,11-16H,10,17-22H2,(H,30,33). The smallest absolute Gasteiger partial charge is 0.413 e. The lowest BCUT2D eigenvalue weighted by molar-refractivity contribution is 0.0121. The number of hydrogen-bond donors (Lipinski definition) is 1. The summed E-state index contributed by atoms with van der Waals surface area (Å²) >= 11 is 1.84. The number of likely N-dealkylation sites (tertiary alicyclic amines) is 1. The van der Waals surface area contributed by atoms with E-state index in [1.165, 1.54) is 21.2 Å². The van der Waals surface area contributed by atoms with Gasteiger partial charge in [0.05, 0.1) is 11.4 Å². The number of nitrogens with zero attached hydrogens (tertiary/aromatic N) is 2. The molecule has 0 unspecified atom stereocenters. The van der Waals surface area contributed by atoms with E-state index in [9.17, 15) is 4.79 Å². The second kappa shape index (κ2) is 10.5. The van der Waals surface area contributed by atoms with E-state index in [1.807, 2.05) is 42.1 Å². The molecule has 0 aromatic heterocycles. The maximum absolute atomic E-state index is 12.4. The van der Waals surface area contributed by atoms with Crippen LogP contribution in [0.4, 0.5) is 21.9 Å². The average Bonchev–Trinajstić information content (AvgIpc) is 2.90. The van der Waals surface area contributed by atoms with Crippen LogP contribution in [0.1, 0.15) is 19.3 Å². The topological polar surface area (TPSA) is 44.8 Å². The van der Waals surface area contributed by atoms with Crippen molar-refractivity contribution in [3.63, 3.8) is 0 Å². The van der Waals surface area contributed by atoms with Gasteiger partial charge in [-0.2, -0.15) is 0 Å². The highest BCUT2D eigenvalue weighted by Gasteiger charge is 2.36. The van der Waals surface area contributed by atoms with Crippen LogP contribution in [-0.4, -0.2) is 42.8 Å². The van der Waals surface area contributed by atoms with Crippen molar-refractivity contribution in [3.8, 4) is 12.3 Å². The van der Waals surface area contributed by atoms with Crippen molar-refractivity contribution in [3.05, 3.63) is 78.9 Å². The molecule has 2 heterocycles. The lowest BCUT2D eigenvalue weighted by atomic mass is 9.92. The molecule has 1 saturated heterocycles. The first kappa shape index (κ1) is 23.3. The normalized spacial score (nSPS) is 16.5. The van der Waals surface area contributed by atoms with Crippen molar-refractivity contribution in [2.24, 2.45) is 0 Å².